The summed E-state index contributed by atoms with van der Waals surface area (Å²) in [5.74, 6) is 1.31. The Balaban J connectivity index is 1.86. The number of amides is 1. The molecule has 1 N–H and O–H groups in total. The lowest BCUT2D eigenvalue weighted by atomic mass is 10.1. The maximum Gasteiger partial charge on any atom is 0.251 e. The van der Waals surface area contributed by atoms with E-state index in [1.54, 1.807) is 49.6 Å². The van der Waals surface area contributed by atoms with Crippen LogP contribution in [0.25, 0.3) is 0 Å². The second-order valence-electron chi connectivity index (χ2n) is 5.08. The van der Waals surface area contributed by atoms with Crippen LogP contribution < -0.4 is 14.8 Å². The van der Waals surface area contributed by atoms with Crippen molar-refractivity contribution in [3.8, 4) is 11.5 Å². The summed E-state index contributed by atoms with van der Waals surface area (Å²) >= 11 is 5.81. The van der Waals surface area contributed by atoms with Crippen molar-refractivity contribution in [1.29, 1.82) is 0 Å². The van der Waals surface area contributed by atoms with Gasteiger partial charge in [-0.1, -0.05) is 17.7 Å². The molecule has 2 aromatic rings. The lowest BCUT2D eigenvalue weighted by molar-refractivity contribution is 0.0947. The van der Waals surface area contributed by atoms with Gasteiger partial charge in [0.25, 0.3) is 5.91 Å². The highest BCUT2D eigenvalue weighted by atomic mass is 35.5. The molecule has 0 aliphatic carbocycles. The van der Waals surface area contributed by atoms with Gasteiger partial charge in [0.15, 0.2) is 0 Å². The molecule has 0 bridgehead atoms. The van der Waals surface area contributed by atoms with Gasteiger partial charge in [0, 0.05) is 10.6 Å². The SMILES string of the molecule is C=CCc1cc(C(=O)NCCOc2ccc(Cl)cc2)ccc1OC. The number of carbonyl (C=O) groups excluding carboxylic acids is 1. The van der Waals surface area contributed by atoms with Crippen molar-refractivity contribution in [2.24, 2.45) is 0 Å². The molecule has 0 saturated heterocycles. The molecule has 4 nitrogen and oxygen atoms in total. The van der Waals surface area contributed by atoms with Gasteiger partial charge < -0.3 is 14.8 Å². The van der Waals surface area contributed by atoms with Gasteiger partial charge in [-0.25, -0.2) is 0 Å². The van der Waals surface area contributed by atoms with Gasteiger partial charge in [0.05, 0.1) is 13.7 Å². The van der Waals surface area contributed by atoms with E-state index in [0.717, 1.165) is 11.3 Å². The molecule has 0 atom stereocenters. The second-order valence-corrected chi connectivity index (χ2v) is 5.51. The Hall–Kier alpha value is -2.46. The molecule has 0 unspecified atom stereocenters. The van der Waals surface area contributed by atoms with Crippen molar-refractivity contribution >= 4 is 17.5 Å². The topological polar surface area (TPSA) is 47.6 Å². The summed E-state index contributed by atoms with van der Waals surface area (Å²) in [6.07, 6.45) is 2.42. The van der Waals surface area contributed by atoms with Gasteiger partial charge >= 0.3 is 0 Å². The maximum absolute atomic E-state index is 12.2. The van der Waals surface area contributed by atoms with Crippen LogP contribution in [0.4, 0.5) is 0 Å². The Morgan fingerprint density at radius 1 is 1.25 bits per heavy atom. The average molecular weight is 346 g/mol. The summed E-state index contributed by atoms with van der Waals surface area (Å²) in [4.78, 5) is 12.2. The van der Waals surface area contributed by atoms with Crippen LogP contribution in [0.1, 0.15) is 15.9 Å². The van der Waals surface area contributed by atoms with Gasteiger partial charge in [-0.3, -0.25) is 4.79 Å². The summed E-state index contributed by atoms with van der Waals surface area (Å²) in [6, 6.07) is 12.4. The summed E-state index contributed by atoms with van der Waals surface area (Å²) in [5.41, 5.74) is 1.51. The number of hydrogen-bond donors (Lipinski definition) is 1. The lowest BCUT2D eigenvalue weighted by Gasteiger charge is -2.10. The minimum atomic E-state index is -0.150. The van der Waals surface area contributed by atoms with Crippen LogP contribution in [0, 0.1) is 0 Å². The normalized spacial score (nSPS) is 10.1. The van der Waals surface area contributed by atoms with E-state index >= 15 is 0 Å². The van der Waals surface area contributed by atoms with Crippen LogP contribution in [0.2, 0.25) is 5.02 Å². The Morgan fingerprint density at radius 2 is 2.00 bits per heavy atom. The van der Waals surface area contributed by atoms with Crippen LogP contribution in [-0.2, 0) is 6.42 Å². The molecule has 5 heteroatoms. The van der Waals surface area contributed by atoms with E-state index in [9.17, 15) is 4.79 Å². The third-order valence-electron chi connectivity index (χ3n) is 3.38. The number of hydrogen-bond acceptors (Lipinski definition) is 3. The van der Waals surface area contributed by atoms with Crippen LogP contribution >= 0.6 is 11.6 Å². The molecule has 1 amide bonds. The summed E-state index contributed by atoms with van der Waals surface area (Å²) < 4.78 is 10.8. The van der Waals surface area contributed by atoms with E-state index in [1.165, 1.54) is 0 Å². The fourth-order valence-electron chi connectivity index (χ4n) is 2.20. The van der Waals surface area contributed by atoms with Crippen molar-refractivity contribution in [1.82, 2.24) is 5.32 Å². The number of ether oxygens (including phenoxy) is 2. The highest BCUT2D eigenvalue weighted by molar-refractivity contribution is 6.30. The number of halogens is 1. The van der Waals surface area contributed by atoms with Crippen molar-refractivity contribution in [2.45, 2.75) is 6.42 Å². The highest BCUT2D eigenvalue weighted by Crippen LogP contribution is 2.20. The molecule has 24 heavy (non-hydrogen) atoms. The predicted octanol–water partition coefficient (Wildman–Crippen LogP) is 3.89. The van der Waals surface area contributed by atoms with E-state index in [4.69, 9.17) is 21.1 Å². The molecule has 2 rings (SSSR count). The molecule has 0 aliphatic rings. The minimum Gasteiger partial charge on any atom is -0.496 e. The molecule has 0 heterocycles. The predicted molar refractivity (Wildman–Crippen MR) is 96.2 cm³/mol. The number of methoxy groups -OCH3 is 1. The Labute approximate surface area is 147 Å². The van der Waals surface area contributed by atoms with Gasteiger partial charge in [0.1, 0.15) is 18.1 Å². The molecule has 0 radical (unpaired) electrons. The first-order valence-electron chi connectivity index (χ1n) is 7.58. The van der Waals surface area contributed by atoms with Crippen molar-refractivity contribution < 1.29 is 14.3 Å². The molecular formula is C19H20ClNO3. The van der Waals surface area contributed by atoms with Crippen LogP contribution in [0.5, 0.6) is 11.5 Å². The third-order valence-corrected chi connectivity index (χ3v) is 3.63. The summed E-state index contributed by atoms with van der Waals surface area (Å²) in [6.45, 7) is 4.50. The van der Waals surface area contributed by atoms with E-state index in [1.807, 2.05) is 6.07 Å². The van der Waals surface area contributed by atoms with Crippen LogP contribution in [0.3, 0.4) is 0 Å². The molecule has 0 saturated carbocycles. The van der Waals surface area contributed by atoms with E-state index in [-0.39, 0.29) is 5.91 Å². The third kappa shape index (κ3) is 5.03. The number of allylic oxidation sites excluding steroid dienone is 1. The second kappa shape index (κ2) is 8.99. The maximum atomic E-state index is 12.2. The zero-order valence-electron chi connectivity index (χ0n) is 13.5. The van der Waals surface area contributed by atoms with Gasteiger partial charge in [-0.05, 0) is 54.4 Å². The largest absolute Gasteiger partial charge is 0.496 e. The molecule has 0 spiro atoms. The number of nitrogens with one attached hydrogen (secondary N) is 1. The Morgan fingerprint density at radius 3 is 2.67 bits per heavy atom. The minimum absolute atomic E-state index is 0.150. The van der Waals surface area contributed by atoms with Gasteiger partial charge in [-0.2, -0.15) is 0 Å². The van der Waals surface area contributed by atoms with Gasteiger partial charge in [-0.15, -0.1) is 6.58 Å². The first-order chi connectivity index (χ1) is 11.6. The average Bonchev–Trinajstić information content (AvgIpc) is 2.60. The first kappa shape index (κ1) is 17.9. The molecular weight excluding hydrogens is 326 g/mol. The standard InChI is InChI=1S/C19H20ClNO3/c1-3-4-14-13-15(5-10-18(14)23-2)19(22)21-11-12-24-17-8-6-16(20)7-9-17/h3,5-10,13H,1,4,11-12H2,2H3,(H,21,22). The molecule has 0 aliphatic heterocycles. The molecule has 0 fully saturated rings. The van der Waals surface area contributed by atoms with Crippen molar-refractivity contribution in [3.63, 3.8) is 0 Å². The Kier molecular flexibility index (Phi) is 6.70. The Bertz CT molecular complexity index is 698. The number of benzene rings is 2. The first-order valence-corrected chi connectivity index (χ1v) is 7.96. The van der Waals surface area contributed by atoms with Crippen LogP contribution in [-0.4, -0.2) is 26.2 Å². The van der Waals surface area contributed by atoms with E-state index in [0.29, 0.717) is 35.9 Å². The molecule has 2 aromatic carbocycles. The van der Waals surface area contributed by atoms with E-state index < -0.39 is 0 Å². The zero-order chi connectivity index (χ0) is 17.4. The van der Waals surface area contributed by atoms with Crippen molar-refractivity contribution in [2.75, 3.05) is 20.3 Å². The summed E-state index contributed by atoms with van der Waals surface area (Å²) in [7, 11) is 1.61. The van der Waals surface area contributed by atoms with Crippen LogP contribution in [0.15, 0.2) is 55.1 Å². The summed E-state index contributed by atoms with van der Waals surface area (Å²) in [5, 5.41) is 3.49. The number of rotatable bonds is 8. The van der Waals surface area contributed by atoms with Gasteiger partial charge in [0.2, 0.25) is 0 Å². The quantitative estimate of drug-likeness (QED) is 0.583. The number of carbonyl (C=O) groups is 1. The molecule has 126 valence electrons. The smallest absolute Gasteiger partial charge is 0.251 e. The molecule has 0 aromatic heterocycles. The van der Waals surface area contributed by atoms with Crippen molar-refractivity contribution in [3.05, 3.63) is 71.3 Å². The fourth-order valence-corrected chi connectivity index (χ4v) is 2.33. The van der Waals surface area contributed by atoms with E-state index in [2.05, 4.69) is 11.9 Å². The lowest BCUT2D eigenvalue weighted by Crippen LogP contribution is -2.28. The highest BCUT2D eigenvalue weighted by Gasteiger charge is 2.09. The fraction of sp³-hybridized carbons (Fsp3) is 0.211. The zero-order valence-corrected chi connectivity index (χ0v) is 14.3. The monoisotopic (exact) mass is 345 g/mol.